The summed E-state index contributed by atoms with van der Waals surface area (Å²) in [5.74, 6) is 0. The number of likely N-dealkylation sites (tertiary alicyclic amines) is 1. The molecule has 0 saturated carbocycles. The first kappa shape index (κ1) is 22.1. The average Bonchev–Trinajstić information content (AvgIpc) is 3.13. The van der Waals surface area contributed by atoms with Gasteiger partial charge in [0.05, 0.1) is 24.2 Å². The molecule has 4 rings (SSSR count). The van der Waals surface area contributed by atoms with E-state index in [1.165, 1.54) is 16.0 Å². The highest BCUT2D eigenvalue weighted by molar-refractivity contribution is 7.16. The lowest BCUT2D eigenvalue weighted by molar-refractivity contribution is -0.110. The molecule has 1 unspecified atom stereocenters. The fourth-order valence-corrected chi connectivity index (χ4v) is 6.35. The van der Waals surface area contributed by atoms with Crippen LogP contribution in [0.3, 0.4) is 0 Å². The maximum Gasteiger partial charge on any atom is 0.105 e. The van der Waals surface area contributed by atoms with E-state index in [0.29, 0.717) is 19.1 Å². The summed E-state index contributed by atoms with van der Waals surface area (Å²) in [5.41, 5.74) is 3.52. The summed E-state index contributed by atoms with van der Waals surface area (Å²) in [5, 5.41) is 18.5. The van der Waals surface area contributed by atoms with Crippen LogP contribution in [0.4, 0.5) is 5.69 Å². The number of hydrogen-bond donors (Lipinski definition) is 2. The topological polar surface area (TPSA) is 56.2 Å². The number of aliphatic hydroxyl groups excluding tert-OH is 2. The second-order valence-corrected chi connectivity index (χ2v) is 10.1. The van der Waals surface area contributed by atoms with Crippen LogP contribution < -0.4 is 4.90 Å². The predicted molar refractivity (Wildman–Crippen MR) is 123 cm³/mol. The molecule has 3 heterocycles. The van der Waals surface area contributed by atoms with Gasteiger partial charge in [-0.1, -0.05) is 23.7 Å². The van der Waals surface area contributed by atoms with Gasteiger partial charge in [0.2, 0.25) is 0 Å². The van der Waals surface area contributed by atoms with Gasteiger partial charge in [-0.2, -0.15) is 0 Å². The van der Waals surface area contributed by atoms with E-state index in [0.717, 1.165) is 49.0 Å². The van der Waals surface area contributed by atoms with Crippen LogP contribution in [0.1, 0.15) is 35.8 Å². The molecule has 0 amide bonds. The third kappa shape index (κ3) is 4.54. The highest BCUT2D eigenvalue weighted by atomic mass is 35.5. The molecule has 7 heteroatoms. The Morgan fingerprint density at radius 3 is 2.63 bits per heavy atom. The van der Waals surface area contributed by atoms with Crippen molar-refractivity contribution in [2.45, 2.75) is 44.4 Å². The standard InChI is InChI=1S/C23H31ClN2O3S/c1-17-15-23(22-19(6-13-29-23)14-21(24)30-22)7-8-26(17)16-18-2-4-20(5-3-18)25(9-11-27)10-12-28/h2-5,14,17,27-28H,6-13,15-16H2,1H3/t17-,23?/m0/s1. The zero-order valence-corrected chi connectivity index (χ0v) is 19.1. The number of ether oxygens (including phenoxy) is 1. The minimum Gasteiger partial charge on any atom is -0.395 e. The third-order valence-electron chi connectivity index (χ3n) is 6.42. The molecule has 2 aromatic rings. The van der Waals surface area contributed by atoms with Crippen molar-refractivity contribution in [3.8, 4) is 0 Å². The number of halogens is 1. The summed E-state index contributed by atoms with van der Waals surface area (Å²) in [6.45, 7) is 6.20. The molecule has 30 heavy (non-hydrogen) atoms. The van der Waals surface area contributed by atoms with Gasteiger partial charge in [0, 0.05) is 42.8 Å². The maximum absolute atomic E-state index is 9.25. The number of thiophene rings is 1. The van der Waals surface area contributed by atoms with Crippen LogP contribution in [0.15, 0.2) is 30.3 Å². The van der Waals surface area contributed by atoms with E-state index < -0.39 is 0 Å². The Morgan fingerprint density at radius 1 is 1.23 bits per heavy atom. The van der Waals surface area contributed by atoms with Crippen LogP contribution in [0.5, 0.6) is 0 Å². The van der Waals surface area contributed by atoms with E-state index in [2.05, 4.69) is 42.2 Å². The number of hydrogen-bond acceptors (Lipinski definition) is 6. The third-order valence-corrected chi connectivity index (χ3v) is 7.91. The van der Waals surface area contributed by atoms with Crippen LogP contribution in [0.2, 0.25) is 4.34 Å². The van der Waals surface area contributed by atoms with Crippen molar-refractivity contribution < 1.29 is 14.9 Å². The van der Waals surface area contributed by atoms with Gasteiger partial charge in [-0.15, -0.1) is 11.3 Å². The van der Waals surface area contributed by atoms with E-state index in [9.17, 15) is 10.2 Å². The van der Waals surface area contributed by atoms with E-state index in [1.807, 2.05) is 4.90 Å². The van der Waals surface area contributed by atoms with Crippen LogP contribution in [-0.2, 0) is 23.3 Å². The molecule has 1 aromatic carbocycles. The molecule has 2 N–H and O–H groups in total. The number of piperidine rings is 1. The number of nitrogens with zero attached hydrogens (tertiary/aromatic N) is 2. The Balaban J connectivity index is 1.41. The number of aliphatic hydroxyl groups is 2. The molecule has 2 atom stereocenters. The normalized spacial score (nSPS) is 24.2. The molecule has 1 spiro atoms. The zero-order chi connectivity index (χ0) is 21.1. The van der Waals surface area contributed by atoms with Gasteiger partial charge in [0.15, 0.2) is 0 Å². The highest BCUT2D eigenvalue weighted by Crippen LogP contribution is 2.48. The Morgan fingerprint density at radius 2 is 1.97 bits per heavy atom. The second-order valence-electron chi connectivity index (χ2n) is 8.37. The van der Waals surface area contributed by atoms with E-state index in [4.69, 9.17) is 16.3 Å². The van der Waals surface area contributed by atoms with Gasteiger partial charge in [-0.3, -0.25) is 4.90 Å². The van der Waals surface area contributed by atoms with Crippen molar-refractivity contribution in [2.24, 2.45) is 0 Å². The molecule has 1 aromatic heterocycles. The average molecular weight is 451 g/mol. The quantitative estimate of drug-likeness (QED) is 0.674. The van der Waals surface area contributed by atoms with Gasteiger partial charge in [-0.05, 0) is 55.5 Å². The maximum atomic E-state index is 9.25. The lowest BCUT2D eigenvalue weighted by atomic mass is 9.82. The summed E-state index contributed by atoms with van der Waals surface area (Å²) in [4.78, 5) is 5.88. The number of fused-ring (bicyclic) bond motifs is 2. The minimum atomic E-state index is -0.166. The molecule has 0 aliphatic carbocycles. The van der Waals surface area contributed by atoms with Crippen LogP contribution in [-0.4, -0.2) is 60.6 Å². The molecule has 2 aliphatic heterocycles. The molecule has 2 aliphatic rings. The molecule has 1 saturated heterocycles. The lowest BCUT2D eigenvalue weighted by Gasteiger charge is -2.47. The summed E-state index contributed by atoms with van der Waals surface area (Å²) >= 11 is 8.02. The van der Waals surface area contributed by atoms with E-state index in [1.54, 1.807) is 11.3 Å². The molecular weight excluding hydrogens is 420 g/mol. The van der Waals surface area contributed by atoms with E-state index in [-0.39, 0.29) is 18.8 Å². The fourth-order valence-electron chi connectivity index (χ4n) is 4.87. The van der Waals surface area contributed by atoms with Gasteiger partial charge < -0.3 is 19.8 Å². The number of anilines is 1. The minimum absolute atomic E-state index is 0.0774. The molecule has 0 radical (unpaired) electrons. The van der Waals surface area contributed by atoms with Crippen molar-refractivity contribution in [1.29, 1.82) is 0 Å². The number of rotatable bonds is 7. The van der Waals surface area contributed by atoms with Crippen molar-refractivity contribution in [3.05, 3.63) is 50.7 Å². The van der Waals surface area contributed by atoms with Gasteiger partial charge in [-0.25, -0.2) is 0 Å². The summed E-state index contributed by atoms with van der Waals surface area (Å²) in [6.07, 6.45) is 2.96. The number of benzene rings is 1. The molecule has 1 fully saturated rings. The van der Waals surface area contributed by atoms with Crippen molar-refractivity contribution in [3.63, 3.8) is 0 Å². The highest BCUT2D eigenvalue weighted by Gasteiger charge is 2.44. The van der Waals surface area contributed by atoms with Crippen molar-refractivity contribution >= 4 is 28.6 Å². The molecular formula is C23H31ClN2O3S. The second kappa shape index (κ2) is 9.55. The smallest absolute Gasteiger partial charge is 0.105 e. The van der Waals surface area contributed by atoms with Crippen LogP contribution in [0, 0.1) is 0 Å². The summed E-state index contributed by atoms with van der Waals surface area (Å²) in [6, 6.07) is 11.0. The Hall–Kier alpha value is -1.15. The Labute approximate surface area is 187 Å². The van der Waals surface area contributed by atoms with Crippen LogP contribution in [0.25, 0.3) is 0 Å². The fraction of sp³-hybridized carbons (Fsp3) is 0.565. The first-order chi connectivity index (χ1) is 14.5. The Kier molecular flexibility index (Phi) is 7.02. The largest absolute Gasteiger partial charge is 0.395 e. The first-order valence-electron chi connectivity index (χ1n) is 10.8. The zero-order valence-electron chi connectivity index (χ0n) is 17.5. The monoisotopic (exact) mass is 450 g/mol. The van der Waals surface area contributed by atoms with Gasteiger partial charge >= 0.3 is 0 Å². The van der Waals surface area contributed by atoms with Gasteiger partial charge in [0.25, 0.3) is 0 Å². The van der Waals surface area contributed by atoms with Crippen molar-refractivity contribution in [1.82, 2.24) is 4.90 Å². The van der Waals surface area contributed by atoms with Crippen LogP contribution >= 0.6 is 22.9 Å². The van der Waals surface area contributed by atoms with E-state index >= 15 is 0 Å². The first-order valence-corrected chi connectivity index (χ1v) is 12.0. The molecule has 0 bridgehead atoms. The summed E-state index contributed by atoms with van der Waals surface area (Å²) < 4.78 is 7.25. The molecule has 5 nitrogen and oxygen atoms in total. The van der Waals surface area contributed by atoms with Gasteiger partial charge in [0.1, 0.15) is 5.60 Å². The van der Waals surface area contributed by atoms with Crippen molar-refractivity contribution in [2.75, 3.05) is 44.4 Å². The Bertz CT molecular complexity index is 837. The predicted octanol–water partition coefficient (Wildman–Crippen LogP) is 3.65. The summed E-state index contributed by atoms with van der Waals surface area (Å²) in [7, 11) is 0. The lowest BCUT2D eigenvalue weighted by Crippen LogP contribution is -2.49. The SMILES string of the molecule is C[C@H]1CC2(CCN1Cc1ccc(N(CCO)CCO)cc1)OCCc1cc(Cl)sc12. The molecule has 164 valence electrons.